The average Bonchev–Trinajstić information content (AvgIpc) is 1.72. The molecule has 2 unspecified atom stereocenters. The van der Waals surface area contributed by atoms with Crippen molar-refractivity contribution in [1.82, 2.24) is 31.0 Å². The molecule has 0 aromatic carbocycles. The van der Waals surface area contributed by atoms with E-state index in [1.165, 1.54) is 7.05 Å². The van der Waals surface area contributed by atoms with Gasteiger partial charge >= 0.3 is 62.7 Å². The summed E-state index contributed by atoms with van der Waals surface area (Å²) in [5.74, 6) is -7.99. The summed E-state index contributed by atoms with van der Waals surface area (Å²) in [7, 11) is -20.9. The van der Waals surface area contributed by atoms with Crippen molar-refractivity contribution >= 4 is 93.3 Å². The van der Waals surface area contributed by atoms with Gasteiger partial charge in [0.15, 0.2) is 0 Å². The minimum Gasteiger partial charge on any atom is -0.480 e. The minimum atomic E-state index is -4.30. The number of halogens is 2. The largest absolute Gasteiger partial charge is 0.480 e. The Kier molecular flexibility index (Phi) is 34.2. The first kappa shape index (κ1) is 90.0. The van der Waals surface area contributed by atoms with Gasteiger partial charge in [0.25, 0.3) is 30.6 Å². The van der Waals surface area contributed by atoms with Crippen molar-refractivity contribution in [2.45, 2.75) is 122 Å². The van der Waals surface area contributed by atoms with Gasteiger partial charge < -0.3 is 116 Å². The fourth-order valence-electron chi connectivity index (χ4n) is 11.5. The van der Waals surface area contributed by atoms with Crippen LogP contribution in [0.25, 0.3) is 0 Å². The van der Waals surface area contributed by atoms with Gasteiger partial charge in [-0.3, -0.25) is 23.4 Å². The molecule has 30 N–H and O–H groups in total. The molecule has 6 heterocycles. The van der Waals surface area contributed by atoms with E-state index in [1.807, 2.05) is 0 Å². The van der Waals surface area contributed by atoms with E-state index in [2.05, 4.69) is 13.6 Å². The zero-order chi connectivity index (χ0) is 75.7. The van der Waals surface area contributed by atoms with E-state index in [1.54, 1.807) is 0 Å². The van der Waals surface area contributed by atoms with E-state index < -0.39 is 195 Å². The van der Waals surface area contributed by atoms with Gasteiger partial charge in [-0.2, -0.15) is 55.2 Å². The first-order valence-electron chi connectivity index (χ1n) is 31.2. The monoisotopic (exact) mass is 1520 g/mol. The average molecular weight is 1520 g/mol. The number of alkyl halides is 2. The maximum atomic E-state index is 13.0. The summed E-state index contributed by atoms with van der Waals surface area (Å²) in [5.41, 5.74) is 37.3. The number of carbonyl (C=O) groups is 4. The summed E-state index contributed by atoms with van der Waals surface area (Å²) in [5, 5.41) is 109. The van der Waals surface area contributed by atoms with Crippen LogP contribution in [0.3, 0.4) is 0 Å². The molecule has 0 aromatic rings. The van der Waals surface area contributed by atoms with Gasteiger partial charge in [0, 0.05) is 109 Å². The maximum absolute atomic E-state index is 13.0. The molecule has 6 fully saturated rings. The van der Waals surface area contributed by atoms with Crippen molar-refractivity contribution in [3.8, 4) is 0 Å². The van der Waals surface area contributed by atoms with Crippen LogP contribution >= 0.6 is 0 Å². The van der Waals surface area contributed by atoms with Crippen molar-refractivity contribution in [2.75, 3.05) is 125 Å². The molecule has 10 atom stereocenters. The topological polar surface area (TPSA) is 724 Å². The number of hydrogen-bond donors (Lipinski definition) is 22. The van der Waals surface area contributed by atoms with Crippen molar-refractivity contribution in [1.29, 1.82) is 0 Å². The lowest BCUT2D eigenvalue weighted by atomic mass is 9.78. The summed E-state index contributed by atoms with van der Waals surface area (Å²) in [6.45, 7) is -3.93. The fraction of sp³-hybridized carbons (Fsp3) is 0.915. The molecular formula is C47H99B4F2N15O27S4. The smallest absolute Gasteiger partial charge is 0.451 e. The van der Waals surface area contributed by atoms with Gasteiger partial charge in [-0.15, -0.1) is 0 Å². The summed E-state index contributed by atoms with van der Waals surface area (Å²) < 4.78 is 148. The molecule has 0 aliphatic carbocycles. The van der Waals surface area contributed by atoms with Gasteiger partial charge in [0.1, 0.15) is 35.5 Å². The van der Waals surface area contributed by atoms with Crippen LogP contribution in [0.5, 0.6) is 0 Å². The van der Waals surface area contributed by atoms with Crippen LogP contribution in [0, 0.1) is 23.7 Å². The Hall–Kier alpha value is -3.24. The number of ether oxygens (including phenoxy) is 2. The molecule has 574 valence electrons. The Morgan fingerprint density at radius 3 is 1.14 bits per heavy atom. The van der Waals surface area contributed by atoms with E-state index in [9.17, 15) is 82.1 Å². The normalized spacial score (nSPS) is 27.8. The summed E-state index contributed by atoms with van der Waals surface area (Å²) in [6, 6.07) is -2.10. The van der Waals surface area contributed by atoms with E-state index in [4.69, 9.17) is 95.5 Å². The molecule has 0 amide bonds. The van der Waals surface area contributed by atoms with Crippen LogP contribution in [0.15, 0.2) is 0 Å². The summed E-state index contributed by atoms with van der Waals surface area (Å²) in [6.07, 6.45) is 2.29. The quantitative estimate of drug-likeness (QED) is 0.0255. The Morgan fingerprint density at radius 1 is 0.535 bits per heavy atom. The molecule has 0 spiro atoms. The Bertz CT molecular complexity index is 3010. The predicted molar refractivity (Wildman–Crippen MR) is 349 cm³/mol. The van der Waals surface area contributed by atoms with Crippen LogP contribution in [0.1, 0.15) is 51.4 Å². The van der Waals surface area contributed by atoms with Crippen LogP contribution < -0.4 is 55.3 Å². The number of carboxylic acid groups (broad SMARTS) is 4. The SMILES string of the molecule is CN(C1(CN)COC1)S(=O)(=O)N1C[C@H](CCCB(O)O)[C@](N)(C(=O)O)C1.NC(CF)CNS(=O)(=O)N1C[C@H](CCCB(O)O)[C@](N)(C(=O)O)C1.NC(CF)COS(=O)(=O)N1C[C@H](CCCB(O)O)[C@](N)(C(=O)O)C1.NC1(CNS(=O)(=O)N2C[C@H](CCCB(O)O)[C@](N)(C(=O)O)C2)COC1. The number of nitrogens with two attached hydrogens (primary N) is 8. The molecule has 6 saturated heterocycles. The molecule has 6 aliphatic heterocycles. The molecule has 0 aromatic heterocycles. The van der Waals surface area contributed by atoms with Crippen molar-refractivity contribution < 1.29 is 136 Å². The highest BCUT2D eigenvalue weighted by Crippen LogP contribution is 2.38. The lowest BCUT2D eigenvalue weighted by Gasteiger charge is -2.47. The maximum Gasteiger partial charge on any atom is 0.451 e. The lowest BCUT2D eigenvalue weighted by Crippen LogP contribution is -2.68. The molecular weight excluding hydrogens is 1420 g/mol. The van der Waals surface area contributed by atoms with Crippen molar-refractivity contribution in [3.05, 3.63) is 0 Å². The molecule has 42 nitrogen and oxygen atoms in total. The lowest BCUT2D eigenvalue weighted by molar-refractivity contribution is -0.145. The number of rotatable bonds is 38. The Labute approximate surface area is 574 Å². The standard InChI is InChI=1S/C13H27BN4O7S.C12H25BN4O7S.C11H24BFN4O6S.C11H23BFN3O7S/c1-17(12(6-15)8-25-9-12)26(23,24)18-5-10(3-2-4-14(21)22)13(16,7-18)11(19)20;14-11(7-24-8-11)5-16-25(22,23)17-4-9(2-1-3-13(20)21)12(15,6-17)10(18)19;13-4-9(14)5-16-24(22,23)17-6-8(2-1-3-12(20)21)11(15,7-17)10(18)19;13-4-9(14)6-23-24(21,22)16-5-8(2-1-3-12(19)20)11(15,7-16)10(17)18/h10,21-22H,2-9,15-16H2,1H3,(H,19,20);9,16,20-21H,1-8,14-15H2,(H,18,19);8-9,16,20-21H,1-7,14-15H2,(H,18,19);8-9,19-20H,1-7,14-15H2,(H,17,18)/t10-,13-;9-,12-;2*8-,9?,11-/m0000/s1. The first-order valence-corrected chi connectivity index (χ1v) is 36.9. The van der Waals surface area contributed by atoms with Gasteiger partial charge in [0.05, 0.1) is 50.2 Å². The van der Waals surface area contributed by atoms with Gasteiger partial charge in [-0.05, 0) is 51.0 Å². The molecule has 0 radical (unpaired) electrons. The second-order valence-electron chi connectivity index (χ2n) is 26.0. The highest BCUT2D eigenvalue weighted by molar-refractivity contribution is 7.87. The number of carboxylic acids is 4. The number of aliphatic carboxylic acids is 4. The first-order chi connectivity index (χ1) is 45.5. The zero-order valence-electron chi connectivity index (χ0n) is 54.7. The predicted octanol–water partition coefficient (Wildman–Crippen LogP) is -12.0. The summed E-state index contributed by atoms with van der Waals surface area (Å²) >= 11 is 0. The third-order valence-electron chi connectivity index (χ3n) is 18.2. The summed E-state index contributed by atoms with van der Waals surface area (Å²) in [4.78, 5) is 46.2. The number of nitrogens with zero attached hydrogens (tertiary/aromatic N) is 5. The molecule has 99 heavy (non-hydrogen) atoms. The molecule has 0 saturated carbocycles. The van der Waals surface area contributed by atoms with E-state index in [0.717, 1.165) is 21.5 Å². The zero-order valence-corrected chi connectivity index (χ0v) is 58.0. The van der Waals surface area contributed by atoms with E-state index in [-0.39, 0.29) is 149 Å². The fourth-order valence-corrected chi connectivity index (χ4v) is 17.2. The molecule has 6 rings (SSSR count). The number of hydrogen-bond acceptors (Lipinski definition) is 31. The van der Waals surface area contributed by atoms with Crippen LogP contribution in [0.4, 0.5) is 8.78 Å². The van der Waals surface area contributed by atoms with Gasteiger partial charge in [-0.1, -0.05) is 25.7 Å². The third kappa shape index (κ3) is 24.4. The second kappa shape index (κ2) is 37.6. The highest BCUT2D eigenvalue weighted by Gasteiger charge is 2.58. The second-order valence-corrected chi connectivity index (χ2v) is 33.1. The minimum absolute atomic E-state index is 0.0147. The number of likely N-dealkylation sites (N-methyl/N-ethyl adjacent to an activating group) is 1. The Balaban J connectivity index is 0.000000344. The highest BCUT2D eigenvalue weighted by atomic mass is 32.2. The van der Waals surface area contributed by atoms with Crippen LogP contribution in [0.2, 0.25) is 25.3 Å². The van der Waals surface area contributed by atoms with Crippen molar-refractivity contribution in [2.24, 2.45) is 69.5 Å². The van der Waals surface area contributed by atoms with Gasteiger partial charge in [-0.25, -0.2) is 18.2 Å². The van der Waals surface area contributed by atoms with Crippen LogP contribution in [-0.4, -0.2) is 339 Å². The van der Waals surface area contributed by atoms with Gasteiger partial charge in [0.2, 0.25) is 0 Å². The van der Waals surface area contributed by atoms with E-state index >= 15 is 0 Å². The third-order valence-corrected chi connectivity index (χ3v) is 24.5. The van der Waals surface area contributed by atoms with Crippen LogP contribution in [-0.2, 0) is 73.8 Å². The molecule has 6 aliphatic rings. The van der Waals surface area contributed by atoms with Crippen molar-refractivity contribution in [3.63, 3.8) is 0 Å². The molecule has 0 bridgehead atoms. The molecule has 52 heteroatoms. The van der Waals surface area contributed by atoms with E-state index in [0.29, 0.717) is 12.8 Å². The Morgan fingerprint density at radius 2 is 0.848 bits per heavy atom. The number of nitrogens with one attached hydrogen (secondary N) is 2.